The Kier molecular flexibility index (Phi) is 13.2. The lowest BCUT2D eigenvalue weighted by Gasteiger charge is -2.60. The predicted octanol–water partition coefficient (Wildman–Crippen LogP) is 7.70. The van der Waals surface area contributed by atoms with Crippen LogP contribution in [-0.4, -0.2) is 73.3 Å². The number of hydrogen-bond acceptors (Lipinski definition) is 12. The lowest BCUT2D eigenvalue weighted by atomic mass is 9.46. The SMILES string of the molecule is C=C1CCC2[C@](C)(COC(=O)/C=C/c3cc(OC)c(OC)c(OC)c3)[C@H](OC(=O)/C=C/c3cc(OC)c(OC)c(OC)c3)CC[C@@]2(C)[C@@H]1C/C=C1\C=COC1=O. The zero-order valence-electron chi connectivity index (χ0n) is 33.4. The standard InChI is InChI=1S/C44H52O12/c1-27-10-15-36-43(2,31(27)14-13-30-19-21-54-42(30)47)20-18-37(56-39(46)17-12-29-24-34(50-6)41(53-9)35(25-29)51-7)44(36,3)26-55-38(45)16-11-28-22-32(48-4)40(52-8)33(23-28)49-5/h11-13,16-17,19,21-25,31,36-37H,1,10,14-15,18,20,26H2,2-9H3/b16-11+,17-12+,30-13+/t31-,36?,37-,43+,44+/m1/s1. The monoisotopic (exact) mass is 772 g/mol. The van der Waals surface area contributed by atoms with Crippen molar-refractivity contribution in [2.24, 2.45) is 22.7 Å². The van der Waals surface area contributed by atoms with Crippen molar-refractivity contribution in [3.05, 3.63) is 83.7 Å². The van der Waals surface area contributed by atoms with Gasteiger partial charge in [0.25, 0.3) is 0 Å². The van der Waals surface area contributed by atoms with E-state index in [4.69, 9.17) is 42.6 Å². The highest BCUT2D eigenvalue weighted by Gasteiger charge is 2.59. The average Bonchev–Trinajstić information content (AvgIpc) is 3.62. The number of allylic oxidation sites excluding steroid dienone is 2. The third-order valence-electron chi connectivity index (χ3n) is 11.5. The van der Waals surface area contributed by atoms with E-state index in [1.807, 2.05) is 13.0 Å². The Bertz CT molecular complexity index is 1890. The van der Waals surface area contributed by atoms with E-state index in [1.54, 1.807) is 42.5 Å². The molecule has 0 amide bonds. The van der Waals surface area contributed by atoms with E-state index < -0.39 is 23.5 Å². The molecule has 0 bridgehead atoms. The summed E-state index contributed by atoms with van der Waals surface area (Å²) in [7, 11) is 9.12. The molecule has 1 heterocycles. The zero-order chi connectivity index (χ0) is 40.6. The van der Waals surface area contributed by atoms with Gasteiger partial charge in [0.2, 0.25) is 11.5 Å². The van der Waals surface area contributed by atoms with E-state index in [0.717, 1.165) is 24.8 Å². The highest BCUT2D eigenvalue weighted by molar-refractivity contribution is 5.94. The molecule has 1 aliphatic heterocycles. The van der Waals surface area contributed by atoms with Crippen LogP contribution in [0.25, 0.3) is 12.2 Å². The third kappa shape index (κ3) is 8.59. The Morgan fingerprint density at radius 2 is 1.34 bits per heavy atom. The van der Waals surface area contributed by atoms with Gasteiger partial charge in [-0.3, -0.25) is 0 Å². The molecular formula is C44H52O12. The van der Waals surface area contributed by atoms with Crippen molar-refractivity contribution in [2.45, 2.75) is 52.1 Å². The second-order valence-corrected chi connectivity index (χ2v) is 14.6. The van der Waals surface area contributed by atoms with Gasteiger partial charge in [-0.1, -0.05) is 32.1 Å². The maximum absolute atomic E-state index is 13.6. The van der Waals surface area contributed by atoms with Crippen LogP contribution in [0.3, 0.4) is 0 Å². The number of benzene rings is 2. The summed E-state index contributed by atoms with van der Waals surface area (Å²) in [4.78, 5) is 39.2. The van der Waals surface area contributed by atoms with Crippen LogP contribution in [0.4, 0.5) is 0 Å². The molecule has 12 nitrogen and oxygen atoms in total. The second-order valence-electron chi connectivity index (χ2n) is 14.6. The van der Waals surface area contributed by atoms with Crippen molar-refractivity contribution in [1.82, 2.24) is 0 Å². The molecule has 0 radical (unpaired) electrons. The lowest BCUT2D eigenvalue weighted by molar-refractivity contribution is -0.188. The Morgan fingerprint density at radius 3 is 1.82 bits per heavy atom. The fourth-order valence-corrected chi connectivity index (χ4v) is 8.67. The normalized spacial score (nSPS) is 25.1. The zero-order valence-corrected chi connectivity index (χ0v) is 33.4. The number of cyclic esters (lactones) is 1. The van der Waals surface area contributed by atoms with Gasteiger partial charge in [-0.15, -0.1) is 0 Å². The number of fused-ring (bicyclic) bond motifs is 1. The van der Waals surface area contributed by atoms with Gasteiger partial charge in [0.1, 0.15) is 12.7 Å². The smallest absolute Gasteiger partial charge is 0.342 e. The summed E-state index contributed by atoms with van der Waals surface area (Å²) in [6.45, 7) is 8.73. The largest absolute Gasteiger partial charge is 0.493 e. The molecule has 300 valence electrons. The number of carbonyl (C=O) groups is 3. The van der Waals surface area contributed by atoms with Crippen LogP contribution >= 0.6 is 0 Å². The number of carbonyl (C=O) groups excluding carboxylic acids is 3. The van der Waals surface area contributed by atoms with Gasteiger partial charge in [-0.25, -0.2) is 14.4 Å². The Hall–Kier alpha value is -5.65. The summed E-state index contributed by atoms with van der Waals surface area (Å²) in [5, 5.41) is 0. The average molecular weight is 773 g/mol. The first-order valence-corrected chi connectivity index (χ1v) is 18.4. The van der Waals surface area contributed by atoms with Crippen molar-refractivity contribution in [1.29, 1.82) is 0 Å². The number of rotatable bonds is 15. The van der Waals surface area contributed by atoms with E-state index in [9.17, 15) is 14.4 Å². The molecule has 1 unspecified atom stereocenters. The molecule has 2 aromatic carbocycles. The molecule has 0 spiro atoms. The maximum atomic E-state index is 13.6. The Morgan fingerprint density at radius 1 is 0.804 bits per heavy atom. The minimum absolute atomic E-state index is 0.00439. The molecule has 2 saturated carbocycles. The van der Waals surface area contributed by atoms with E-state index in [1.165, 1.54) is 61.1 Å². The van der Waals surface area contributed by atoms with Gasteiger partial charge in [-0.2, -0.15) is 0 Å². The molecule has 2 fully saturated rings. The lowest BCUT2D eigenvalue weighted by Crippen LogP contribution is -2.58. The first-order valence-electron chi connectivity index (χ1n) is 18.4. The minimum Gasteiger partial charge on any atom is -0.493 e. The minimum atomic E-state index is -0.780. The van der Waals surface area contributed by atoms with Crippen molar-refractivity contribution < 1.29 is 57.0 Å². The molecule has 56 heavy (non-hydrogen) atoms. The van der Waals surface area contributed by atoms with Crippen LogP contribution in [0, 0.1) is 22.7 Å². The summed E-state index contributed by atoms with van der Waals surface area (Å²) < 4.78 is 50.0. The molecular weight excluding hydrogens is 720 g/mol. The van der Waals surface area contributed by atoms with Crippen molar-refractivity contribution in [2.75, 3.05) is 49.3 Å². The highest BCUT2D eigenvalue weighted by Crippen LogP contribution is 2.62. The van der Waals surface area contributed by atoms with Gasteiger partial charge in [-0.05, 0) is 103 Å². The van der Waals surface area contributed by atoms with Gasteiger partial charge in [0, 0.05) is 17.6 Å². The molecule has 0 N–H and O–H groups in total. The van der Waals surface area contributed by atoms with Gasteiger partial charge in [0.05, 0.1) is 54.5 Å². The molecule has 2 aliphatic carbocycles. The fourth-order valence-electron chi connectivity index (χ4n) is 8.67. The molecule has 5 rings (SSSR count). The van der Waals surface area contributed by atoms with Crippen LogP contribution in [0.15, 0.2) is 72.6 Å². The molecule has 12 heteroatoms. The summed E-state index contributed by atoms with van der Waals surface area (Å²) in [6.07, 6.45) is 13.7. The molecule has 3 aliphatic rings. The van der Waals surface area contributed by atoms with Crippen LogP contribution in [0.2, 0.25) is 0 Å². The molecule has 0 saturated heterocycles. The van der Waals surface area contributed by atoms with Crippen LogP contribution in [-0.2, 0) is 28.6 Å². The van der Waals surface area contributed by atoms with E-state index in [2.05, 4.69) is 13.5 Å². The van der Waals surface area contributed by atoms with Gasteiger partial charge < -0.3 is 42.6 Å². The van der Waals surface area contributed by atoms with Crippen molar-refractivity contribution >= 4 is 30.1 Å². The predicted molar refractivity (Wildman–Crippen MR) is 210 cm³/mol. The molecule has 0 aromatic heterocycles. The van der Waals surface area contributed by atoms with Gasteiger partial charge in [0.15, 0.2) is 23.0 Å². The molecule has 5 atom stereocenters. The van der Waals surface area contributed by atoms with E-state index >= 15 is 0 Å². The van der Waals surface area contributed by atoms with Crippen molar-refractivity contribution in [3.8, 4) is 34.5 Å². The van der Waals surface area contributed by atoms with Crippen LogP contribution in [0.1, 0.15) is 57.1 Å². The maximum Gasteiger partial charge on any atom is 0.342 e. The quantitative estimate of drug-likeness (QED) is 0.0760. The fraction of sp³-hybridized carbons (Fsp3) is 0.432. The van der Waals surface area contributed by atoms with Crippen molar-refractivity contribution in [3.63, 3.8) is 0 Å². The number of esters is 3. The van der Waals surface area contributed by atoms with Gasteiger partial charge >= 0.3 is 17.9 Å². The molecule has 2 aromatic rings. The Labute approximate surface area is 328 Å². The summed E-state index contributed by atoms with van der Waals surface area (Å²) in [6, 6.07) is 6.92. The third-order valence-corrected chi connectivity index (χ3v) is 11.5. The summed E-state index contributed by atoms with van der Waals surface area (Å²) in [5.41, 5.74) is 1.82. The number of hydrogen-bond donors (Lipinski definition) is 0. The first-order chi connectivity index (χ1) is 26.8. The van der Waals surface area contributed by atoms with E-state index in [0.29, 0.717) is 64.0 Å². The van der Waals surface area contributed by atoms with E-state index in [-0.39, 0.29) is 29.8 Å². The van der Waals surface area contributed by atoms with Crippen LogP contribution in [0.5, 0.6) is 34.5 Å². The summed E-state index contributed by atoms with van der Waals surface area (Å²) in [5.74, 6) is 1.18. The first kappa shape index (κ1) is 41.5. The second kappa shape index (κ2) is 17.9. The topological polar surface area (TPSA) is 134 Å². The van der Waals surface area contributed by atoms with Crippen LogP contribution < -0.4 is 28.4 Å². The Balaban J connectivity index is 1.41. The summed E-state index contributed by atoms with van der Waals surface area (Å²) >= 11 is 0. The number of ether oxygens (including phenoxy) is 9. The highest BCUT2D eigenvalue weighted by atomic mass is 16.6. The number of methoxy groups -OCH3 is 6.